The molecule has 0 bridgehead atoms. The van der Waals surface area contributed by atoms with E-state index in [0.29, 0.717) is 23.7 Å². The van der Waals surface area contributed by atoms with Gasteiger partial charge in [0.1, 0.15) is 5.82 Å². The fourth-order valence-electron chi connectivity index (χ4n) is 3.88. The smallest absolute Gasteiger partial charge is 0.216 e. The van der Waals surface area contributed by atoms with E-state index in [1.807, 2.05) is 47.0 Å². The minimum Gasteiger partial charge on any atom is -0.356 e. The largest absolute Gasteiger partial charge is 0.356 e. The molecule has 7 heteroatoms. The Balaban J connectivity index is 1.50. The number of carbonyl (C=O) groups excluding carboxylic acids is 2. The summed E-state index contributed by atoms with van der Waals surface area (Å²) in [4.78, 5) is 24.2. The number of aryl methyl sites for hydroxylation is 3. The molecular weight excluding hydrogens is 468 g/mol. The Hall–Kier alpha value is -3.71. The number of ketones is 1. The lowest BCUT2D eigenvalue weighted by Gasteiger charge is -2.12. The summed E-state index contributed by atoms with van der Waals surface area (Å²) in [6.07, 6.45) is 1.41. The molecule has 1 amide bonds. The first kappa shape index (κ1) is 25.4. The highest BCUT2D eigenvalue weighted by atomic mass is 32.2. The summed E-state index contributed by atoms with van der Waals surface area (Å²) in [5.41, 5.74) is 6.24. The van der Waals surface area contributed by atoms with Crippen LogP contribution in [0.3, 0.4) is 0 Å². The SMILES string of the molecule is CC(=O)NCCCc1nnc(SCC(=O)c2ccc(-c3ccccc3)cc2)n1-c1ccc(C)c(C)c1. The third-order valence-corrected chi connectivity index (χ3v) is 6.98. The summed E-state index contributed by atoms with van der Waals surface area (Å²) in [5, 5.41) is 12.3. The molecule has 1 N–H and O–H groups in total. The van der Waals surface area contributed by atoms with Gasteiger partial charge in [0, 0.05) is 31.1 Å². The van der Waals surface area contributed by atoms with Crippen molar-refractivity contribution in [1.29, 1.82) is 0 Å². The van der Waals surface area contributed by atoms with Gasteiger partial charge in [0.15, 0.2) is 10.9 Å². The van der Waals surface area contributed by atoms with E-state index in [-0.39, 0.29) is 17.4 Å². The summed E-state index contributed by atoms with van der Waals surface area (Å²) in [6, 6.07) is 24.1. The molecule has 0 atom stereocenters. The average Bonchev–Trinajstić information content (AvgIpc) is 3.30. The van der Waals surface area contributed by atoms with Gasteiger partial charge in [-0.2, -0.15) is 0 Å². The van der Waals surface area contributed by atoms with Gasteiger partial charge in [-0.05, 0) is 54.7 Å². The molecule has 184 valence electrons. The van der Waals surface area contributed by atoms with Crippen LogP contribution in [0.25, 0.3) is 16.8 Å². The first-order chi connectivity index (χ1) is 17.4. The van der Waals surface area contributed by atoms with E-state index in [4.69, 9.17) is 0 Å². The quantitative estimate of drug-likeness (QED) is 0.175. The average molecular weight is 499 g/mol. The van der Waals surface area contributed by atoms with Gasteiger partial charge < -0.3 is 5.32 Å². The summed E-state index contributed by atoms with van der Waals surface area (Å²) in [5.74, 6) is 1.07. The fraction of sp³-hybridized carbons (Fsp3) is 0.241. The van der Waals surface area contributed by atoms with E-state index in [9.17, 15) is 9.59 Å². The lowest BCUT2D eigenvalue weighted by atomic mass is 10.0. The molecule has 4 aromatic rings. The molecule has 0 unspecified atom stereocenters. The maximum absolute atomic E-state index is 13.0. The van der Waals surface area contributed by atoms with Crippen molar-refractivity contribution in [3.8, 4) is 16.8 Å². The van der Waals surface area contributed by atoms with Gasteiger partial charge >= 0.3 is 0 Å². The second kappa shape index (κ2) is 11.8. The van der Waals surface area contributed by atoms with Crippen LogP contribution in [0.15, 0.2) is 78.0 Å². The highest BCUT2D eigenvalue weighted by Gasteiger charge is 2.17. The molecule has 6 nitrogen and oxygen atoms in total. The number of Topliss-reactive ketones (excluding diaryl/α,β-unsaturated/α-hetero) is 1. The van der Waals surface area contributed by atoms with Crippen LogP contribution in [0.5, 0.6) is 0 Å². The molecule has 3 aromatic carbocycles. The molecule has 0 saturated heterocycles. The third-order valence-electron chi connectivity index (χ3n) is 6.05. The zero-order chi connectivity index (χ0) is 25.5. The van der Waals surface area contributed by atoms with Crippen LogP contribution in [0.2, 0.25) is 0 Å². The summed E-state index contributed by atoms with van der Waals surface area (Å²) in [7, 11) is 0. The van der Waals surface area contributed by atoms with Gasteiger partial charge in [0.25, 0.3) is 0 Å². The molecule has 0 aliphatic carbocycles. The zero-order valence-electron chi connectivity index (χ0n) is 20.8. The van der Waals surface area contributed by atoms with Crippen molar-refractivity contribution >= 4 is 23.5 Å². The van der Waals surface area contributed by atoms with Gasteiger partial charge in [0.05, 0.1) is 5.75 Å². The van der Waals surface area contributed by atoms with E-state index in [1.54, 1.807) is 0 Å². The highest BCUT2D eigenvalue weighted by molar-refractivity contribution is 7.99. The molecule has 4 rings (SSSR count). The Morgan fingerprint density at radius 1 is 0.889 bits per heavy atom. The minimum atomic E-state index is -0.0443. The normalized spacial score (nSPS) is 10.9. The van der Waals surface area contributed by atoms with Crippen LogP contribution in [0, 0.1) is 13.8 Å². The monoisotopic (exact) mass is 498 g/mol. The van der Waals surface area contributed by atoms with Crippen LogP contribution in [-0.4, -0.2) is 38.8 Å². The Bertz CT molecular complexity index is 1350. The van der Waals surface area contributed by atoms with Gasteiger partial charge in [-0.15, -0.1) is 10.2 Å². The highest BCUT2D eigenvalue weighted by Crippen LogP contribution is 2.26. The van der Waals surface area contributed by atoms with E-state index >= 15 is 0 Å². The second-order valence-corrected chi connectivity index (χ2v) is 9.69. The molecule has 0 saturated carbocycles. The number of carbonyl (C=O) groups is 2. The topological polar surface area (TPSA) is 76.9 Å². The number of nitrogens with one attached hydrogen (secondary N) is 1. The van der Waals surface area contributed by atoms with Crippen LogP contribution in [0.1, 0.15) is 40.7 Å². The number of benzene rings is 3. The van der Waals surface area contributed by atoms with Gasteiger partial charge in [-0.25, -0.2) is 0 Å². The Kier molecular flexibility index (Phi) is 8.33. The van der Waals surface area contributed by atoms with Crippen LogP contribution < -0.4 is 5.32 Å². The third kappa shape index (κ3) is 6.29. The summed E-state index contributed by atoms with van der Waals surface area (Å²) < 4.78 is 2.02. The predicted octanol–water partition coefficient (Wildman–Crippen LogP) is 5.59. The standard InChI is InChI=1S/C29H30N4O2S/c1-20-11-16-26(18-21(20)2)33-28(10-7-17-30-22(3)34)31-32-29(33)36-19-27(35)25-14-12-24(13-15-25)23-8-5-4-6-9-23/h4-6,8-9,11-16,18H,7,10,17,19H2,1-3H3,(H,30,34). The van der Waals surface area contributed by atoms with Crippen LogP contribution in [-0.2, 0) is 11.2 Å². The first-order valence-electron chi connectivity index (χ1n) is 12.0. The lowest BCUT2D eigenvalue weighted by Crippen LogP contribution is -2.21. The molecule has 1 heterocycles. The molecule has 36 heavy (non-hydrogen) atoms. The Morgan fingerprint density at radius 3 is 2.31 bits per heavy atom. The summed E-state index contributed by atoms with van der Waals surface area (Å²) in [6.45, 7) is 6.25. The van der Waals surface area contributed by atoms with Crippen molar-refractivity contribution in [3.05, 3.63) is 95.3 Å². The molecule has 0 radical (unpaired) electrons. The van der Waals surface area contributed by atoms with Crippen molar-refractivity contribution in [1.82, 2.24) is 20.1 Å². The molecule has 0 aliphatic heterocycles. The molecular formula is C29H30N4O2S. The first-order valence-corrected chi connectivity index (χ1v) is 13.0. The van der Waals surface area contributed by atoms with Crippen LogP contribution in [0.4, 0.5) is 0 Å². The Labute approximate surface area is 216 Å². The molecule has 0 spiro atoms. The second-order valence-electron chi connectivity index (χ2n) is 8.74. The fourth-order valence-corrected chi connectivity index (χ4v) is 4.75. The number of aromatic nitrogens is 3. The van der Waals surface area contributed by atoms with Crippen molar-refractivity contribution in [2.75, 3.05) is 12.3 Å². The number of thioether (sulfide) groups is 1. The van der Waals surface area contributed by atoms with E-state index in [1.165, 1.54) is 29.8 Å². The lowest BCUT2D eigenvalue weighted by molar-refractivity contribution is -0.118. The zero-order valence-corrected chi connectivity index (χ0v) is 21.6. The Morgan fingerprint density at radius 2 is 1.61 bits per heavy atom. The summed E-state index contributed by atoms with van der Waals surface area (Å²) >= 11 is 1.39. The van der Waals surface area contributed by atoms with E-state index in [0.717, 1.165) is 29.1 Å². The number of amides is 1. The van der Waals surface area contributed by atoms with Crippen molar-refractivity contribution < 1.29 is 9.59 Å². The number of rotatable bonds is 10. The van der Waals surface area contributed by atoms with Crippen molar-refractivity contribution in [2.45, 2.75) is 38.8 Å². The minimum absolute atomic E-state index is 0.0430. The molecule has 0 fully saturated rings. The van der Waals surface area contributed by atoms with Gasteiger partial charge in [0.2, 0.25) is 5.91 Å². The van der Waals surface area contributed by atoms with Crippen molar-refractivity contribution in [3.63, 3.8) is 0 Å². The molecule has 1 aromatic heterocycles. The van der Waals surface area contributed by atoms with Gasteiger partial charge in [-0.1, -0.05) is 72.4 Å². The number of hydrogen-bond acceptors (Lipinski definition) is 5. The van der Waals surface area contributed by atoms with Crippen molar-refractivity contribution in [2.24, 2.45) is 0 Å². The maximum Gasteiger partial charge on any atom is 0.216 e. The van der Waals surface area contributed by atoms with E-state index in [2.05, 4.69) is 59.7 Å². The van der Waals surface area contributed by atoms with E-state index < -0.39 is 0 Å². The molecule has 0 aliphatic rings. The van der Waals surface area contributed by atoms with Crippen LogP contribution >= 0.6 is 11.8 Å². The predicted molar refractivity (Wildman–Crippen MR) is 145 cm³/mol. The van der Waals surface area contributed by atoms with Gasteiger partial charge in [-0.3, -0.25) is 14.2 Å². The number of hydrogen-bond donors (Lipinski definition) is 1. The maximum atomic E-state index is 13.0. The number of nitrogens with zero attached hydrogens (tertiary/aromatic N) is 3.